The molecule has 2 aromatic carbocycles. The fraction of sp³-hybridized carbons (Fsp3) is 0.407. The topological polar surface area (TPSA) is 61.9 Å². The van der Waals surface area contributed by atoms with E-state index < -0.39 is 5.60 Å². The number of carbonyl (C=O) groups is 2. The monoisotopic (exact) mass is 515 g/mol. The summed E-state index contributed by atoms with van der Waals surface area (Å²) in [7, 11) is 2.06. The van der Waals surface area contributed by atoms with Crippen molar-refractivity contribution in [2.24, 2.45) is 0 Å². The van der Waals surface area contributed by atoms with E-state index >= 15 is 0 Å². The first-order valence-electron chi connectivity index (χ1n) is 11.8. The SMILES string of the molecule is CN(CCCc1ccc(CN(C=O)OC(C)(C)C)cc1)CCNC(=O)c1sc2ccccc2c1Cl. The molecule has 0 saturated carbocycles. The number of benzene rings is 2. The van der Waals surface area contributed by atoms with Gasteiger partial charge in [-0.1, -0.05) is 54.1 Å². The van der Waals surface area contributed by atoms with Gasteiger partial charge in [0.25, 0.3) is 5.91 Å². The number of fused-ring (bicyclic) bond motifs is 1. The highest BCUT2D eigenvalue weighted by Gasteiger charge is 2.17. The number of hydroxylamine groups is 2. The molecule has 0 bridgehead atoms. The van der Waals surface area contributed by atoms with Crippen LogP contribution in [0.1, 0.15) is 48.0 Å². The van der Waals surface area contributed by atoms with Crippen LogP contribution < -0.4 is 5.32 Å². The van der Waals surface area contributed by atoms with E-state index in [1.165, 1.54) is 22.0 Å². The highest BCUT2D eigenvalue weighted by molar-refractivity contribution is 7.21. The van der Waals surface area contributed by atoms with E-state index in [0.29, 0.717) is 29.4 Å². The molecule has 0 aliphatic carbocycles. The van der Waals surface area contributed by atoms with Gasteiger partial charge in [0, 0.05) is 23.2 Å². The Morgan fingerprint density at radius 3 is 2.43 bits per heavy atom. The van der Waals surface area contributed by atoms with Crippen LogP contribution in [0.2, 0.25) is 5.02 Å². The molecule has 0 aliphatic rings. The van der Waals surface area contributed by atoms with Crippen LogP contribution >= 0.6 is 22.9 Å². The zero-order chi connectivity index (χ0) is 25.4. The van der Waals surface area contributed by atoms with E-state index in [1.54, 1.807) is 0 Å². The van der Waals surface area contributed by atoms with Gasteiger partial charge in [-0.25, -0.2) is 5.06 Å². The Labute approximate surface area is 216 Å². The van der Waals surface area contributed by atoms with E-state index in [4.69, 9.17) is 16.4 Å². The lowest BCUT2D eigenvalue weighted by Gasteiger charge is -2.26. The fourth-order valence-electron chi connectivity index (χ4n) is 3.70. The van der Waals surface area contributed by atoms with Crippen LogP contribution in [0.15, 0.2) is 48.5 Å². The lowest BCUT2D eigenvalue weighted by Crippen LogP contribution is -2.33. The van der Waals surface area contributed by atoms with Gasteiger partial charge in [-0.3, -0.25) is 14.4 Å². The van der Waals surface area contributed by atoms with Crippen molar-refractivity contribution in [1.82, 2.24) is 15.3 Å². The van der Waals surface area contributed by atoms with E-state index in [1.807, 2.05) is 57.2 Å². The lowest BCUT2D eigenvalue weighted by atomic mass is 10.1. The van der Waals surface area contributed by atoms with Gasteiger partial charge in [-0.15, -0.1) is 11.3 Å². The maximum Gasteiger partial charge on any atom is 0.262 e. The van der Waals surface area contributed by atoms with Crippen molar-refractivity contribution in [2.75, 3.05) is 26.7 Å². The van der Waals surface area contributed by atoms with Crippen molar-refractivity contribution in [1.29, 1.82) is 0 Å². The summed E-state index contributed by atoms with van der Waals surface area (Å²) >= 11 is 7.83. The van der Waals surface area contributed by atoms with Gasteiger partial charge in [-0.2, -0.15) is 0 Å². The predicted molar refractivity (Wildman–Crippen MR) is 144 cm³/mol. The maximum absolute atomic E-state index is 12.6. The van der Waals surface area contributed by atoms with Gasteiger partial charge in [0.15, 0.2) is 0 Å². The van der Waals surface area contributed by atoms with E-state index in [-0.39, 0.29) is 5.91 Å². The molecule has 6 nitrogen and oxygen atoms in total. The van der Waals surface area contributed by atoms with E-state index in [2.05, 4.69) is 29.4 Å². The second kappa shape index (κ2) is 12.5. The summed E-state index contributed by atoms with van der Waals surface area (Å²) in [6.07, 6.45) is 2.69. The average molecular weight is 516 g/mol. The fourth-order valence-corrected chi connectivity index (χ4v) is 5.13. The maximum atomic E-state index is 12.6. The number of amides is 2. The largest absolute Gasteiger partial charge is 0.350 e. The van der Waals surface area contributed by atoms with Crippen LogP contribution in [0, 0.1) is 0 Å². The predicted octanol–water partition coefficient (Wildman–Crippen LogP) is 5.54. The second-order valence-electron chi connectivity index (χ2n) is 9.60. The van der Waals surface area contributed by atoms with E-state index in [9.17, 15) is 9.59 Å². The van der Waals surface area contributed by atoms with Crippen LogP contribution in [0.25, 0.3) is 10.1 Å². The Kier molecular flexibility index (Phi) is 9.69. The van der Waals surface area contributed by atoms with Crippen LogP contribution in [0.3, 0.4) is 0 Å². The van der Waals surface area contributed by atoms with Gasteiger partial charge in [0.05, 0.1) is 17.2 Å². The molecule has 0 aliphatic heterocycles. The van der Waals surface area contributed by atoms with Gasteiger partial charge < -0.3 is 10.2 Å². The quantitative estimate of drug-likeness (QED) is 0.254. The molecule has 2 amide bonds. The van der Waals surface area contributed by atoms with Gasteiger partial charge in [0.1, 0.15) is 4.88 Å². The summed E-state index contributed by atoms with van der Waals surface area (Å²) in [6, 6.07) is 16.1. The molecule has 188 valence electrons. The number of thiophene rings is 1. The second-order valence-corrected chi connectivity index (χ2v) is 11.0. The summed E-state index contributed by atoms with van der Waals surface area (Å²) in [4.78, 5) is 32.2. The number of rotatable bonds is 12. The highest BCUT2D eigenvalue weighted by atomic mass is 35.5. The van der Waals surface area contributed by atoms with Crippen molar-refractivity contribution in [3.8, 4) is 0 Å². The molecular formula is C27H34ClN3O3S. The Balaban J connectivity index is 1.37. The van der Waals surface area contributed by atoms with Crippen molar-refractivity contribution < 1.29 is 14.4 Å². The number of hydrogen-bond donors (Lipinski definition) is 1. The molecular weight excluding hydrogens is 482 g/mol. The summed E-state index contributed by atoms with van der Waals surface area (Å²) < 4.78 is 1.02. The smallest absolute Gasteiger partial charge is 0.262 e. The molecule has 0 unspecified atom stereocenters. The molecule has 0 spiro atoms. The van der Waals surface area contributed by atoms with E-state index in [0.717, 1.165) is 41.6 Å². The molecule has 0 saturated heterocycles. The number of nitrogens with zero attached hydrogens (tertiary/aromatic N) is 2. The van der Waals surface area contributed by atoms with Gasteiger partial charge >= 0.3 is 0 Å². The molecule has 8 heteroatoms. The third-order valence-corrected chi connectivity index (χ3v) is 7.07. The first-order chi connectivity index (χ1) is 16.7. The van der Waals surface area contributed by atoms with Crippen LogP contribution in [-0.4, -0.2) is 54.6 Å². The average Bonchev–Trinajstić information content (AvgIpc) is 3.15. The number of carbonyl (C=O) groups excluding carboxylic acids is 2. The summed E-state index contributed by atoms with van der Waals surface area (Å²) in [6.45, 7) is 8.43. The van der Waals surface area contributed by atoms with Crippen LogP contribution in [0.5, 0.6) is 0 Å². The molecule has 1 N–H and O–H groups in total. The number of nitrogens with one attached hydrogen (secondary N) is 1. The zero-order valence-electron chi connectivity index (χ0n) is 20.8. The van der Waals surface area contributed by atoms with Crippen molar-refractivity contribution in [3.05, 3.63) is 69.6 Å². The zero-order valence-corrected chi connectivity index (χ0v) is 22.4. The van der Waals surface area contributed by atoms with Crippen molar-refractivity contribution in [2.45, 2.75) is 45.8 Å². The van der Waals surface area contributed by atoms with Gasteiger partial charge in [-0.05, 0) is 64.4 Å². The number of halogens is 1. The Bertz CT molecular complexity index is 1120. The third kappa shape index (κ3) is 8.32. The molecule has 3 rings (SSSR count). The summed E-state index contributed by atoms with van der Waals surface area (Å²) in [5, 5.41) is 5.77. The first-order valence-corrected chi connectivity index (χ1v) is 13.0. The normalized spacial score (nSPS) is 11.7. The minimum Gasteiger partial charge on any atom is -0.350 e. The molecule has 0 radical (unpaired) electrons. The lowest BCUT2D eigenvalue weighted by molar-refractivity contribution is -0.220. The van der Waals surface area contributed by atoms with Gasteiger partial charge in [0.2, 0.25) is 6.41 Å². The first kappa shape index (κ1) is 27.1. The summed E-state index contributed by atoms with van der Waals surface area (Å²) in [5.41, 5.74) is 1.86. The molecule has 35 heavy (non-hydrogen) atoms. The molecule has 1 heterocycles. The Hall–Kier alpha value is -2.45. The Morgan fingerprint density at radius 2 is 1.77 bits per heavy atom. The standard InChI is InChI=1S/C27H34ClN3O3S/c1-27(2,3)34-31(19-32)18-21-13-11-20(12-14-21)8-7-16-30(4)17-15-29-26(33)25-24(28)22-9-5-6-10-23(22)35-25/h5-6,9-14,19H,7-8,15-18H2,1-4H3,(H,29,33). The number of hydrogen-bond acceptors (Lipinski definition) is 5. The summed E-state index contributed by atoms with van der Waals surface area (Å²) in [5.74, 6) is -0.120. The van der Waals surface area contributed by atoms with Crippen molar-refractivity contribution in [3.63, 3.8) is 0 Å². The minimum absolute atomic E-state index is 0.120. The van der Waals surface area contributed by atoms with Crippen LogP contribution in [0.4, 0.5) is 0 Å². The molecule has 1 aromatic heterocycles. The molecule has 0 atom stereocenters. The number of likely N-dealkylation sites (N-methyl/N-ethyl adjacent to an activating group) is 1. The Morgan fingerprint density at radius 1 is 1.09 bits per heavy atom. The molecule has 3 aromatic rings. The third-order valence-electron chi connectivity index (χ3n) is 5.40. The minimum atomic E-state index is -0.415. The van der Waals surface area contributed by atoms with Crippen LogP contribution in [-0.2, 0) is 22.6 Å². The van der Waals surface area contributed by atoms with Crippen molar-refractivity contribution >= 4 is 45.3 Å². The molecule has 0 fully saturated rings. The highest BCUT2D eigenvalue weighted by Crippen LogP contribution is 2.34. The number of aryl methyl sites for hydroxylation is 1.